The Morgan fingerprint density at radius 3 is 1.55 bits per heavy atom. The van der Waals surface area contributed by atoms with E-state index in [4.69, 9.17) is 71.1 Å². The van der Waals surface area contributed by atoms with Crippen LogP contribution in [0.4, 0.5) is 0 Å². The maximum atomic E-state index is 15.6. The van der Waals surface area contributed by atoms with Gasteiger partial charge < -0.3 is 81.5 Å². The lowest BCUT2D eigenvalue weighted by molar-refractivity contribution is -0.355. The number of methoxy groups -OCH3 is 1. The second kappa shape index (κ2) is 31.2. The van der Waals surface area contributed by atoms with Crippen LogP contribution in [0.5, 0.6) is 23.0 Å². The molecule has 13 atom stereocenters. The molecule has 5 aromatic carbocycles. The Morgan fingerprint density at radius 2 is 1.02 bits per heavy atom. The predicted octanol–water partition coefficient (Wildman–Crippen LogP) is 5.85. The number of fused-ring (bicyclic) bond motifs is 5. The number of carbonyl (C=O) groups is 13. The van der Waals surface area contributed by atoms with E-state index in [1.807, 2.05) is 0 Å². The molecule has 4 aliphatic rings. The van der Waals surface area contributed by atoms with Crippen LogP contribution in [0, 0.1) is 6.92 Å². The van der Waals surface area contributed by atoms with Crippen LogP contribution in [0.1, 0.15) is 164 Å². The molecule has 0 spiro atoms. The molecule has 2 saturated heterocycles. The lowest BCUT2D eigenvalue weighted by Crippen LogP contribution is -2.65. The van der Waals surface area contributed by atoms with Crippen molar-refractivity contribution in [3.63, 3.8) is 0 Å². The second-order valence-corrected chi connectivity index (χ2v) is 23.8. The number of hydrogen-bond donors (Lipinski definition) is 2. The number of benzene rings is 5. The third-order valence-electron chi connectivity index (χ3n) is 16.1. The maximum absolute atomic E-state index is 15.6. The highest BCUT2D eigenvalue weighted by molar-refractivity contribution is 6.31. The number of hydrogen-bond acceptors (Lipinski definition) is 29. The SMILES string of the molecule is COc1cc(OC(C)=O)c2c(c1)C(=O)c1c(cc3c(c1OC(C)=O)-c1c(cc(C)c(C(=O)N[C@@H](C(=O)OC(c4ccccc4)c4ccccc4)[C@H](C)O)c1OC(C)=O)[C@H](O[C@@H]1O[C@H](C)[C@H](OC(C)=O)[C@H](O[C@@H]4OC[C@@H](OC(C)=O)[C@H](OC(C)=O)[C@H]4OC(C)=O)[C@H]1OC(C)=O)[C@H]3OC(C)=O)C2=O. The van der Waals surface area contributed by atoms with Gasteiger partial charge in [-0.25, -0.2) is 4.79 Å². The Labute approximate surface area is 576 Å². The molecule has 0 radical (unpaired) electrons. The van der Waals surface area contributed by atoms with Gasteiger partial charge in [-0.2, -0.15) is 0 Å². The van der Waals surface area contributed by atoms with E-state index in [9.17, 15) is 53.1 Å². The fourth-order valence-electron chi connectivity index (χ4n) is 12.4. The van der Waals surface area contributed by atoms with Crippen molar-refractivity contribution in [2.75, 3.05) is 13.7 Å². The van der Waals surface area contributed by atoms with Gasteiger partial charge in [-0.15, -0.1) is 0 Å². The molecule has 0 aromatic heterocycles. The zero-order valence-electron chi connectivity index (χ0n) is 56.8. The fourth-order valence-corrected chi connectivity index (χ4v) is 12.4. The zero-order chi connectivity index (χ0) is 73.7. The summed E-state index contributed by atoms with van der Waals surface area (Å²) in [6.07, 6.45) is -22.8. The van der Waals surface area contributed by atoms with Crippen LogP contribution < -0.4 is 24.3 Å². The highest BCUT2D eigenvalue weighted by atomic mass is 16.8. The molecule has 0 bridgehead atoms. The Kier molecular flexibility index (Phi) is 23.0. The van der Waals surface area contributed by atoms with Crippen LogP contribution in [-0.2, 0) is 100 Å². The molecule has 5 aromatic rings. The van der Waals surface area contributed by atoms with Crippen molar-refractivity contribution in [2.24, 2.45) is 0 Å². The normalized spacial score (nSPS) is 22.3. The van der Waals surface area contributed by atoms with Gasteiger partial charge in [-0.3, -0.25) is 57.5 Å². The molecule has 30 nitrogen and oxygen atoms in total. The first-order valence-electron chi connectivity index (χ1n) is 31.4. The van der Waals surface area contributed by atoms with Gasteiger partial charge in [0.25, 0.3) is 5.91 Å². The molecule has 0 saturated carbocycles. The molecule has 101 heavy (non-hydrogen) atoms. The number of aliphatic hydroxyl groups excluding tert-OH is 1. The van der Waals surface area contributed by atoms with Crippen LogP contribution in [0.15, 0.2) is 84.9 Å². The summed E-state index contributed by atoms with van der Waals surface area (Å²) in [5.41, 5.74) is -3.71. The summed E-state index contributed by atoms with van der Waals surface area (Å²) < 4.78 is 89.7. The van der Waals surface area contributed by atoms with Gasteiger partial charge in [-0.1, -0.05) is 66.7 Å². The van der Waals surface area contributed by atoms with Gasteiger partial charge >= 0.3 is 59.7 Å². The quantitative estimate of drug-likeness (QED) is 0.0484. The molecule has 0 unspecified atom stereocenters. The van der Waals surface area contributed by atoms with Crippen LogP contribution in [0.2, 0.25) is 0 Å². The molecule has 2 N–H and O–H groups in total. The van der Waals surface area contributed by atoms with Crippen molar-refractivity contribution in [2.45, 2.75) is 169 Å². The van der Waals surface area contributed by atoms with Gasteiger partial charge in [0.1, 0.15) is 23.7 Å². The van der Waals surface area contributed by atoms with Crippen molar-refractivity contribution in [1.82, 2.24) is 5.32 Å². The van der Waals surface area contributed by atoms with E-state index in [1.54, 1.807) is 60.7 Å². The summed E-state index contributed by atoms with van der Waals surface area (Å²) in [6, 6.07) is 19.7. The molecular weight excluding hydrogens is 1330 g/mol. The van der Waals surface area contributed by atoms with Crippen LogP contribution in [0.25, 0.3) is 11.1 Å². The Hall–Kier alpha value is -10.8. The predicted molar refractivity (Wildman–Crippen MR) is 339 cm³/mol. The number of carbonyl (C=O) groups excluding carboxylic acids is 13. The number of ketones is 2. The summed E-state index contributed by atoms with van der Waals surface area (Å²) in [7, 11) is 1.22. The van der Waals surface area contributed by atoms with Crippen molar-refractivity contribution in [1.29, 1.82) is 0 Å². The largest absolute Gasteiger partial charge is 0.497 e. The van der Waals surface area contributed by atoms with Crippen molar-refractivity contribution >= 4 is 77.2 Å². The van der Waals surface area contributed by atoms with E-state index >= 15 is 14.4 Å². The minimum absolute atomic E-state index is 0.0946. The van der Waals surface area contributed by atoms with Crippen molar-refractivity contribution in [3.05, 3.63) is 141 Å². The Morgan fingerprint density at radius 1 is 0.525 bits per heavy atom. The van der Waals surface area contributed by atoms with E-state index in [2.05, 4.69) is 5.32 Å². The summed E-state index contributed by atoms with van der Waals surface area (Å²) in [4.78, 5) is 180. The average Bonchev–Trinajstić information content (AvgIpc) is 0.698. The number of amides is 1. The lowest BCUT2D eigenvalue weighted by atomic mass is 9.73. The zero-order valence-corrected chi connectivity index (χ0v) is 56.8. The summed E-state index contributed by atoms with van der Waals surface area (Å²) >= 11 is 0. The molecule has 30 heteroatoms. The number of nitrogens with one attached hydrogen (secondary N) is 1. The van der Waals surface area contributed by atoms with E-state index in [0.29, 0.717) is 11.1 Å². The van der Waals surface area contributed by atoms with Crippen LogP contribution in [-0.4, -0.2) is 163 Å². The van der Waals surface area contributed by atoms with Gasteiger partial charge in [0, 0.05) is 96.2 Å². The van der Waals surface area contributed by atoms with Gasteiger partial charge in [0.05, 0.1) is 42.6 Å². The molecule has 2 heterocycles. The first kappa shape index (κ1) is 74.4. The highest BCUT2D eigenvalue weighted by Crippen LogP contribution is 2.59. The van der Waals surface area contributed by atoms with Gasteiger partial charge in [-0.05, 0) is 55.2 Å². The molecule has 2 fully saturated rings. The van der Waals surface area contributed by atoms with E-state index in [0.717, 1.165) is 80.5 Å². The van der Waals surface area contributed by atoms with E-state index in [-0.39, 0.29) is 16.9 Å². The van der Waals surface area contributed by atoms with Crippen LogP contribution in [0.3, 0.4) is 0 Å². The molecule has 2 aliphatic heterocycles. The summed E-state index contributed by atoms with van der Waals surface area (Å²) in [5.74, 6) is -15.9. The Balaban J connectivity index is 1.30. The first-order chi connectivity index (χ1) is 47.8. The lowest BCUT2D eigenvalue weighted by Gasteiger charge is -2.48. The third-order valence-corrected chi connectivity index (χ3v) is 16.1. The van der Waals surface area contributed by atoms with E-state index < -0.39 is 231 Å². The number of rotatable bonds is 21. The van der Waals surface area contributed by atoms with E-state index in [1.165, 1.54) is 33.9 Å². The molecule has 1 amide bonds. The number of esters is 10. The monoisotopic (exact) mass is 1400 g/mol. The minimum atomic E-state index is -2.10. The minimum Gasteiger partial charge on any atom is -0.497 e. The number of aryl methyl sites for hydroxylation is 1. The molecule has 2 aliphatic carbocycles. The van der Waals surface area contributed by atoms with Crippen molar-refractivity contribution in [3.8, 4) is 34.1 Å². The van der Waals surface area contributed by atoms with Gasteiger partial charge in [0.2, 0.25) is 0 Å². The summed E-state index contributed by atoms with van der Waals surface area (Å²) in [5, 5.41) is 13.9. The van der Waals surface area contributed by atoms with Gasteiger partial charge in [0.15, 0.2) is 84.4 Å². The average molecular weight is 1400 g/mol. The topological polar surface area (TPSA) is 393 Å². The third kappa shape index (κ3) is 16.3. The molecule has 534 valence electrons. The maximum Gasteiger partial charge on any atom is 0.332 e. The standard InChI is InChI=1S/C71H71NO29/c1-29-24-46-52(63(95-37(9)79)50(29)68(85)72-55(30(2)73)69(86)99-59(41-20-16-14-17-21-41)42-22-18-15-19-23-42)53-47(27-45-54(64(53)96-38(10)80)57(84)44-25-43(87-13)26-48(90-32(4)74)51(44)56(45)83)60(93-35(7)77)61(46)100-71-67(98-40(12)82)65(58(31(3)89-71)92-34(6)76)101-70-66(97-39(11)81)62(94-36(8)78)49(28-88-70)91-33(5)75/h14-27,30-31,49,55,58-62,65-67,70-71,73H,28H2,1-13H3,(H,72,85)/t30-,31+,49+,55+,58-,60-,61-,62-,65-,66+,67+,70-,71-/m0/s1. The first-order valence-corrected chi connectivity index (χ1v) is 31.4. The number of aliphatic hydroxyl groups is 1. The Bertz CT molecular complexity index is 4120. The fraction of sp³-hybridized carbons (Fsp3) is 0.394. The second-order valence-electron chi connectivity index (χ2n) is 23.8. The highest BCUT2D eigenvalue weighted by Gasteiger charge is 2.57. The summed E-state index contributed by atoms with van der Waals surface area (Å²) in [6.45, 7) is 12.1. The molecule has 9 rings (SSSR count). The molecular formula is C71H71NO29. The van der Waals surface area contributed by atoms with Crippen LogP contribution >= 0.6 is 0 Å². The number of ether oxygens (including phenoxy) is 15. The van der Waals surface area contributed by atoms with Crippen molar-refractivity contribution < 1.29 is 138 Å². The smallest absolute Gasteiger partial charge is 0.332 e.